The molecule has 0 saturated carbocycles. The number of rotatable bonds is 10. The van der Waals surface area contributed by atoms with Gasteiger partial charge in [-0.3, -0.25) is 4.90 Å². The van der Waals surface area contributed by atoms with E-state index in [0.29, 0.717) is 6.54 Å². The molecule has 150 valence electrons. The van der Waals surface area contributed by atoms with Crippen molar-refractivity contribution in [2.75, 3.05) is 26.2 Å². The number of halogens is 1. The summed E-state index contributed by atoms with van der Waals surface area (Å²) in [5, 5.41) is 6.72. The summed E-state index contributed by atoms with van der Waals surface area (Å²) in [4.78, 5) is 7.16. The maximum Gasteiger partial charge on any atom is 0.191 e. The highest BCUT2D eigenvalue weighted by Crippen LogP contribution is 2.09. The van der Waals surface area contributed by atoms with E-state index in [1.54, 1.807) is 0 Å². The molecule has 27 heavy (non-hydrogen) atoms. The minimum atomic E-state index is 0. The molecule has 2 N–H and O–H groups in total. The molecule has 0 radical (unpaired) electrons. The first-order valence-electron chi connectivity index (χ1n) is 9.68. The summed E-state index contributed by atoms with van der Waals surface area (Å²) in [5.41, 5.74) is 2.60. The Kier molecular flexibility index (Phi) is 11.8. The van der Waals surface area contributed by atoms with E-state index in [0.717, 1.165) is 45.2 Å². The van der Waals surface area contributed by atoms with Gasteiger partial charge in [-0.05, 0) is 43.3 Å². The number of hydrogen-bond acceptors (Lipinski definition) is 2. The smallest absolute Gasteiger partial charge is 0.191 e. The molecule has 0 aliphatic carbocycles. The summed E-state index contributed by atoms with van der Waals surface area (Å²) >= 11 is 0. The summed E-state index contributed by atoms with van der Waals surface area (Å²) in [6.45, 7) is 13.0. The molecule has 0 spiro atoms. The zero-order valence-electron chi connectivity index (χ0n) is 16.8. The van der Waals surface area contributed by atoms with Crippen molar-refractivity contribution in [2.24, 2.45) is 4.99 Å². The third-order valence-corrected chi connectivity index (χ3v) is 4.38. The lowest BCUT2D eigenvalue weighted by molar-refractivity contribution is 0.296. The van der Waals surface area contributed by atoms with Crippen molar-refractivity contribution in [1.82, 2.24) is 20.1 Å². The molecule has 0 bridgehead atoms. The van der Waals surface area contributed by atoms with Gasteiger partial charge in [-0.2, -0.15) is 0 Å². The molecular weight excluding hydrogens is 449 g/mol. The number of aliphatic imine (C=N–C) groups is 1. The molecule has 0 fully saturated rings. The van der Waals surface area contributed by atoms with Gasteiger partial charge in [0.2, 0.25) is 0 Å². The maximum atomic E-state index is 4.73. The lowest BCUT2D eigenvalue weighted by Crippen LogP contribution is -2.38. The average molecular weight is 483 g/mol. The van der Waals surface area contributed by atoms with Crippen LogP contribution < -0.4 is 10.6 Å². The van der Waals surface area contributed by atoms with Crippen LogP contribution in [0.1, 0.15) is 31.9 Å². The van der Waals surface area contributed by atoms with E-state index in [9.17, 15) is 0 Å². The Balaban J connectivity index is 0.00000364. The van der Waals surface area contributed by atoms with E-state index in [4.69, 9.17) is 4.99 Å². The van der Waals surface area contributed by atoms with Gasteiger partial charge in [-0.1, -0.05) is 38.1 Å². The van der Waals surface area contributed by atoms with Gasteiger partial charge in [0.05, 0.1) is 6.54 Å². The zero-order chi connectivity index (χ0) is 18.6. The van der Waals surface area contributed by atoms with Gasteiger partial charge < -0.3 is 15.2 Å². The second-order valence-electron chi connectivity index (χ2n) is 6.32. The Bertz CT molecular complexity index is 650. The molecule has 2 rings (SSSR count). The van der Waals surface area contributed by atoms with Crippen LogP contribution in [0.3, 0.4) is 0 Å². The van der Waals surface area contributed by atoms with Crippen LogP contribution in [0.15, 0.2) is 53.8 Å². The molecule has 2 aromatic rings. The van der Waals surface area contributed by atoms with Crippen LogP contribution in [0.4, 0.5) is 0 Å². The van der Waals surface area contributed by atoms with Crippen LogP contribution in [0.25, 0.3) is 0 Å². The molecule has 1 aromatic heterocycles. The molecule has 0 saturated heterocycles. The van der Waals surface area contributed by atoms with Crippen molar-refractivity contribution in [2.45, 2.75) is 40.4 Å². The van der Waals surface area contributed by atoms with Gasteiger partial charge in [0.15, 0.2) is 5.96 Å². The third kappa shape index (κ3) is 8.79. The summed E-state index contributed by atoms with van der Waals surface area (Å²) in [6.07, 6.45) is 4.15. The number of aromatic nitrogens is 1. The van der Waals surface area contributed by atoms with Crippen LogP contribution in [-0.2, 0) is 19.6 Å². The van der Waals surface area contributed by atoms with E-state index < -0.39 is 0 Å². The highest BCUT2D eigenvalue weighted by Gasteiger charge is 2.03. The van der Waals surface area contributed by atoms with Gasteiger partial charge in [0.25, 0.3) is 0 Å². The quantitative estimate of drug-likeness (QED) is 0.308. The summed E-state index contributed by atoms with van der Waals surface area (Å²) in [6, 6.07) is 12.8. The van der Waals surface area contributed by atoms with E-state index in [2.05, 4.69) is 77.5 Å². The van der Waals surface area contributed by atoms with Gasteiger partial charge >= 0.3 is 0 Å². The summed E-state index contributed by atoms with van der Waals surface area (Å²) in [5.74, 6) is 0.869. The Hall–Kier alpha value is -1.54. The molecule has 0 unspecified atom stereocenters. The molecule has 1 heterocycles. The van der Waals surface area contributed by atoms with Gasteiger partial charge in [0.1, 0.15) is 0 Å². The minimum absolute atomic E-state index is 0. The van der Waals surface area contributed by atoms with Crippen LogP contribution in [-0.4, -0.2) is 41.6 Å². The lowest BCUT2D eigenvalue weighted by atomic mass is 10.1. The average Bonchev–Trinajstić information content (AvgIpc) is 3.18. The largest absolute Gasteiger partial charge is 0.357 e. The van der Waals surface area contributed by atoms with E-state index in [1.807, 2.05) is 12.1 Å². The van der Waals surface area contributed by atoms with E-state index in [1.165, 1.54) is 11.1 Å². The van der Waals surface area contributed by atoms with Crippen molar-refractivity contribution >= 4 is 29.9 Å². The molecule has 0 amide bonds. The Morgan fingerprint density at radius 2 is 1.70 bits per heavy atom. The fourth-order valence-corrected chi connectivity index (χ4v) is 2.87. The van der Waals surface area contributed by atoms with Gasteiger partial charge in [0, 0.05) is 38.6 Å². The fourth-order valence-electron chi connectivity index (χ4n) is 2.87. The third-order valence-electron chi connectivity index (χ3n) is 4.38. The fraction of sp³-hybridized carbons (Fsp3) is 0.476. The zero-order valence-corrected chi connectivity index (χ0v) is 19.1. The number of benzene rings is 1. The highest BCUT2D eigenvalue weighted by atomic mass is 127. The molecule has 0 aliphatic rings. The predicted octanol–water partition coefficient (Wildman–Crippen LogP) is 3.70. The van der Waals surface area contributed by atoms with Gasteiger partial charge in [-0.25, -0.2) is 4.99 Å². The second kappa shape index (κ2) is 13.6. The van der Waals surface area contributed by atoms with Crippen LogP contribution in [0.2, 0.25) is 0 Å². The Morgan fingerprint density at radius 1 is 1.00 bits per heavy atom. The standard InChI is InChI=1S/C21H33N5.HI/c1-4-22-21(23-12-15-26-13-7-8-14-26)24-17-19-10-9-11-20(16-19)18-25(5-2)6-3;/h7-11,13-14,16H,4-6,12,15,17-18H2,1-3H3,(H2,22,23,24);1H. The van der Waals surface area contributed by atoms with Crippen LogP contribution >= 0.6 is 24.0 Å². The van der Waals surface area contributed by atoms with Crippen molar-refractivity contribution in [3.8, 4) is 0 Å². The number of nitrogens with zero attached hydrogens (tertiary/aromatic N) is 3. The molecule has 0 aliphatic heterocycles. The first-order chi connectivity index (χ1) is 12.7. The monoisotopic (exact) mass is 483 g/mol. The predicted molar refractivity (Wildman–Crippen MR) is 126 cm³/mol. The highest BCUT2D eigenvalue weighted by molar-refractivity contribution is 14.0. The Morgan fingerprint density at radius 3 is 2.37 bits per heavy atom. The van der Waals surface area contributed by atoms with Crippen molar-refractivity contribution in [3.05, 3.63) is 59.9 Å². The van der Waals surface area contributed by atoms with Gasteiger partial charge in [-0.15, -0.1) is 24.0 Å². The van der Waals surface area contributed by atoms with Crippen molar-refractivity contribution in [1.29, 1.82) is 0 Å². The SMILES string of the molecule is CCNC(=NCc1cccc(CN(CC)CC)c1)NCCn1cccc1.I. The van der Waals surface area contributed by atoms with Crippen molar-refractivity contribution in [3.63, 3.8) is 0 Å². The normalized spacial score (nSPS) is 11.3. The van der Waals surface area contributed by atoms with Crippen molar-refractivity contribution < 1.29 is 0 Å². The number of hydrogen-bond donors (Lipinski definition) is 2. The molecule has 5 nitrogen and oxygen atoms in total. The van der Waals surface area contributed by atoms with E-state index in [-0.39, 0.29) is 24.0 Å². The van der Waals surface area contributed by atoms with Crippen LogP contribution in [0.5, 0.6) is 0 Å². The molecule has 0 atom stereocenters. The van der Waals surface area contributed by atoms with E-state index >= 15 is 0 Å². The number of guanidine groups is 1. The molecule has 1 aromatic carbocycles. The maximum absolute atomic E-state index is 4.73. The first kappa shape index (κ1) is 23.5. The summed E-state index contributed by atoms with van der Waals surface area (Å²) in [7, 11) is 0. The topological polar surface area (TPSA) is 44.6 Å². The minimum Gasteiger partial charge on any atom is -0.357 e. The van der Waals surface area contributed by atoms with Crippen LogP contribution in [0, 0.1) is 0 Å². The molecule has 6 heteroatoms. The second-order valence-corrected chi connectivity index (χ2v) is 6.32. The summed E-state index contributed by atoms with van der Waals surface area (Å²) < 4.78 is 2.16. The number of nitrogens with one attached hydrogen (secondary N) is 2. The Labute approximate surface area is 181 Å². The first-order valence-corrected chi connectivity index (χ1v) is 9.68. The molecular formula is C21H34IN5. The lowest BCUT2D eigenvalue weighted by Gasteiger charge is -2.18.